The molecular weight excluding hydrogens is 390 g/mol. The standard InChI is InChI=1S/C20H19N5O3S/c1-11-14(12(2)25-17(21-11)9-19(27)24-25)8-18(26)23-20-22-15(10-29-20)13-6-4-5-7-16(13)28-3/h4-7,9-10H,8H2,1-3H3,(H,24,27)(H,22,23,26). The third-order valence-corrected chi connectivity index (χ3v) is 5.43. The molecular formula is C20H19N5O3S. The van der Waals surface area contributed by atoms with Gasteiger partial charge in [-0.1, -0.05) is 12.1 Å². The van der Waals surface area contributed by atoms with Gasteiger partial charge >= 0.3 is 0 Å². The van der Waals surface area contributed by atoms with Gasteiger partial charge in [-0.15, -0.1) is 11.3 Å². The number of anilines is 1. The number of aromatic nitrogens is 4. The first-order valence-corrected chi connectivity index (χ1v) is 9.81. The van der Waals surface area contributed by atoms with Crippen molar-refractivity contribution in [3.63, 3.8) is 0 Å². The molecule has 0 aliphatic heterocycles. The summed E-state index contributed by atoms with van der Waals surface area (Å²) in [6.45, 7) is 3.68. The van der Waals surface area contributed by atoms with E-state index < -0.39 is 0 Å². The number of nitrogens with one attached hydrogen (secondary N) is 2. The summed E-state index contributed by atoms with van der Waals surface area (Å²) in [5.74, 6) is 0.523. The number of thiazole rings is 1. The first kappa shape index (κ1) is 18.9. The van der Waals surface area contributed by atoms with Crippen molar-refractivity contribution in [2.24, 2.45) is 0 Å². The molecule has 0 fully saturated rings. The van der Waals surface area contributed by atoms with Crippen molar-refractivity contribution in [2.45, 2.75) is 20.3 Å². The van der Waals surface area contributed by atoms with Gasteiger partial charge < -0.3 is 10.1 Å². The van der Waals surface area contributed by atoms with Gasteiger partial charge in [-0.2, -0.15) is 0 Å². The number of fused-ring (bicyclic) bond motifs is 1. The molecule has 3 aromatic heterocycles. The Morgan fingerprint density at radius 1 is 1.28 bits per heavy atom. The average molecular weight is 409 g/mol. The minimum atomic E-state index is -0.228. The highest BCUT2D eigenvalue weighted by Crippen LogP contribution is 2.31. The summed E-state index contributed by atoms with van der Waals surface area (Å²) >= 11 is 1.35. The predicted molar refractivity (Wildman–Crippen MR) is 112 cm³/mol. The number of para-hydroxylation sites is 1. The lowest BCUT2D eigenvalue weighted by Crippen LogP contribution is -2.17. The number of amides is 1. The monoisotopic (exact) mass is 409 g/mol. The molecule has 0 radical (unpaired) electrons. The van der Waals surface area contributed by atoms with E-state index in [2.05, 4.69) is 20.4 Å². The largest absolute Gasteiger partial charge is 0.496 e. The highest BCUT2D eigenvalue weighted by atomic mass is 32.1. The summed E-state index contributed by atoms with van der Waals surface area (Å²) < 4.78 is 6.97. The van der Waals surface area contributed by atoms with E-state index in [4.69, 9.17) is 4.74 Å². The minimum absolute atomic E-state index is 0.129. The van der Waals surface area contributed by atoms with Crippen LogP contribution in [-0.2, 0) is 11.2 Å². The Hall–Kier alpha value is -3.46. The minimum Gasteiger partial charge on any atom is -0.496 e. The van der Waals surface area contributed by atoms with Crippen LogP contribution in [0.3, 0.4) is 0 Å². The molecule has 0 saturated carbocycles. The van der Waals surface area contributed by atoms with Crippen molar-refractivity contribution in [3.8, 4) is 17.0 Å². The Bertz CT molecular complexity index is 1270. The molecule has 1 amide bonds. The highest BCUT2D eigenvalue weighted by molar-refractivity contribution is 7.14. The molecule has 0 saturated heterocycles. The molecule has 0 aliphatic carbocycles. The van der Waals surface area contributed by atoms with Crippen LogP contribution in [0, 0.1) is 13.8 Å². The number of methoxy groups -OCH3 is 1. The van der Waals surface area contributed by atoms with Gasteiger partial charge in [0, 0.05) is 34.0 Å². The van der Waals surface area contributed by atoms with E-state index in [0.717, 1.165) is 28.3 Å². The lowest BCUT2D eigenvalue weighted by Gasteiger charge is -2.11. The predicted octanol–water partition coefficient (Wildman–Crippen LogP) is 2.95. The number of carbonyl (C=O) groups excluding carboxylic acids is 1. The van der Waals surface area contributed by atoms with E-state index in [1.807, 2.05) is 43.5 Å². The Morgan fingerprint density at radius 2 is 2.07 bits per heavy atom. The van der Waals surface area contributed by atoms with E-state index in [0.29, 0.717) is 16.5 Å². The van der Waals surface area contributed by atoms with E-state index in [9.17, 15) is 9.59 Å². The van der Waals surface area contributed by atoms with Crippen LogP contribution in [0.15, 0.2) is 40.5 Å². The van der Waals surface area contributed by atoms with Crippen molar-refractivity contribution >= 4 is 28.0 Å². The zero-order valence-electron chi connectivity index (χ0n) is 16.1. The summed E-state index contributed by atoms with van der Waals surface area (Å²) in [4.78, 5) is 33.1. The van der Waals surface area contributed by atoms with Gasteiger partial charge in [-0.05, 0) is 26.0 Å². The molecule has 8 nitrogen and oxygen atoms in total. The molecule has 9 heteroatoms. The molecule has 1 aromatic carbocycles. The maximum absolute atomic E-state index is 12.6. The van der Waals surface area contributed by atoms with Gasteiger partial charge in [-0.3, -0.25) is 14.7 Å². The van der Waals surface area contributed by atoms with Crippen LogP contribution in [0.1, 0.15) is 17.0 Å². The third kappa shape index (κ3) is 3.64. The fourth-order valence-corrected chi connectivity index (χ4v) is 3.97. The van der Waals surface area contributed by atoms with Crippen LogP contribution >= 0.6 is 11.3 Å². The quantitative estimate of drug-likeness (QED) is 0.528. The summed E-state index contributed by atoms with van der Waals surface area (Å²) in [6.07, 6.45) is 0.129. The molecule has 0 unspecified atom stereocenters. The maximum atomic E-state index is 12.6. The van der Waals surface area contributed by atoms with Gasteiger partial charge in [0.05, 0.1) is 19.2 Å². The number of rotatable bonds is 5. The highest BCUT2D eigenvalue weighted by Gasteiger charge is 2.16. The number of carbonyl (C=O) groups is 1. The normalized spacial score (nSPS) is 11.0. The van der Waals surface area contributed by atoms with Crippen LogP contribution < -0.4 is 15.6 Å². The summed E-state index contributed by atoms with van der Waals surface area (Å²) in [5, 5.41) is 7.92. The lowest BCUT2D eigenvalue weighted by atomic mass is 10.1. The van der Waals surface area contributed by atoms with E-state index >= 15 is 0 Å². The van der Waals surface area contributed by atoms with Crippen LogP contribution in [0.2, 0.25) is 0 Å². The second kappa shape index (κ2) is 7.51. The van der Waals surface area contributed by atoms with E-state index in [1.165, 1.54) is 17.4 Å². The fraction of sp³-hybridized carbons (Fsp3) is 0.200. The molecule has 29 heavy (non-hydrogen) atoms. The fourth-order valence-electron chi connectivity index (χ4n) is 3.25. The van der Waals surface area contributed by atoms with Gasteiger partial charge in [-0.25, -0.2) is 14.5 Å². The lowest BCUT2D eigenvalue weighted by molar-refractivity contribution is -0.115. The number of hydrogen-bond acceptors (Lipinski definition) is 6. The molecule has 2 N–H and O–H groups in total. The van der Waals surface area contributed by atoms with Crippen molar-refractivity contribution in [1.29, 1.82) is 0 Å². The molecule has 4 aromatic rings. The van der Waals surface area contributed by atoms with Crippen molar-refractivity contribution in [2.75, 3.05) is 12.4 Å². The Labute approximate surface area is 170 Å². The van der Waals surface area contributed by atoms with Crippen molar-refractivity contribution < 1.29 is 9.53 Å². The Morgan fingerprint density at radius 3 is 2.86 bits per heavy atom. The van der Waals surface area contributed by atoms with Gasteiger partial charge in [0.2, 0.25) is 5.91 Å². The number of aryl methyl sites for hydroxylation is 2. The second-order valence-electron chi connectivity index (χ2n) is 6.54. The summed E-state index contributed by atoms with van der Waals surface area (Å²) in [6, 6.07) is 9.03. The van der Waals surface area contributed by atoms with E-state index in [1.54, 1.807) is 11.6 Å². The zero-order valence-corrected chi connectivity index (χ0v) is 17.0. The topological polar surface area (TPSA) is 101 Å². The molecule has 4 rings (SSSR count). The number of hydrogen-bond donors (Lipinski definition) is 2. The number of ether oxygens (including phenoxy) is 1. The van der Waals surface area contributed by atoms with Crippen molar-refractivity contribution in [3.05, 3.63) is 63.0 Å². The SMILES string of the molecule is COc1ccccc1-c1csc(NC(=O)Cc2c(C)nc3cc(=O)[nH]n3c2C)n1. The number of aromatic amines is 1. The molecule has 0 atom stereocenters. The van der Waals surface area contributed by atoms with Crippen LogP contribution in [0.4, 0.5) is 5.13 Å². The van der Waals surface area contributed by atoms with E-state index in [-0.39, 0.29) is 17.9 Å². The number of H-pyrrole nitrogens is 1. The van der Waals surface area contributed by atoms with Crippen molar-refractivity contribution in [1.82, 2.24) is 19.6 Å². The third-order valence-electron chi connectivity index (χ3n) is 4.67. The summed E-state index contributed by atoms with van der Waals surface area (Å²) in [7, 11) is 1.61. The average Bonchev–Trinajstić information content (AvgIpc) is 3.31. The second-order valence-corrected chi connectivity index (χ2v) is 7.40. The Kier molecular flexibility index (Phi) is 4.89. The first-order chi connectivity index (χ1) is 14.0. The van der Waals surface area contributed by atoms with Gasteiger partial charge in [0.25, 0.3) is 5.56 Å². The van der Waals surface area contributed by atoms with Gasteiger partial charge in [0.15, 0.2) is 10.8 Å². The molecule has 148 valence electrons. The molecule has 0 aliphatic rings. The van der Waals surface area contributed by atoms with Crippen LogP contribution in [0.25, 0.3) is 16.9 Å². The molecule has 3 heterocycles. The Balaban J connectivity index is 1.55. The molecule has 0 bridgehead atoms. The number of nitrogens with zero attached hydrogens (tertiary/aromatic N) is 3. The number of benzene rings is 1. The zero-order chi connectivity index (χ0) is 20.5. The van der Waals surface area contributed by atoms with Crippen LogP contribution in [-0.4, -0.2) is 32.6 Å². The molecule has 0 spiro atoms. The van der Waals surface area contributed by atoms with Crippen LogP contribution in [0.5, 0.6) is 5.75 Å². The van der Waals surface area contributed by atoms with Gasteiger partial charge in [0.1, 0.15) is 5.75 Å². The summed E-state index contributed by atoms with van der Waals surface area (Å²) in [5.41, 5.74) is 4.17. The maximum Gasteiger partial charge on any atom is 0.266 e. The smallest absolute Gasteiger partial charge is 0.266 e. The first-order valence-electron chi connectivity index (χ1n) is 8.93.